The van der Waals surface area contributed by atoms with Crippen molar-refractivity contribution in [2.75, 3.05) is 33.1 Å². The van der Waals surface area contributed by atoms with Gasteiger partial charge in [0.2, 0.25) is 0 Å². The van der Waals surface area contributed by atoms with Crippen LogP contribution in [0.15, 0.2) is 36.4 Å². The van der Waals surface area contributed by atoms with E-state index in [4.69, 9.17) is 9.47 Å². The number of ether oxygens (including phenoxy) is 2. The first-order chi connectivity index (χ1) is 12.8. The Bertz CT molecular complexity index is 890. The Balaban J connectivity index is 1.83. The summed E-state index contributed by atoms with van der Waals surface area (Å²) in [5.41, 5.74) is 3.84. The Labute approximate surface area is 160 Å². The summed E-state index contributed by atoms with van der Waals surface area (Å²) in [7, 11) is 5.25. The van der Waals surface area contributed by atoms with Gasteiger partial charge < -0.3 is 19.7 Å². The molecular formula is C22H26N2O3. The largest absolute Gasteiger partial charge is 0.496 e. The first kappa shape index (κ1) is 17.7. The van der Waals surface area contributed by atoms with E-state index < -0.39 is 0 Å². The van der Waals surface area contributed by atoms with E-state index in [9.17, 15) is 4.79 Å². The van der Waals surface area contributed by atoms with Crippen LogP contribution in [-0.2, 0) is 5.41 Å². The minimum absolute atomic E-state index is 0.0163. The number of hydrogen-bond donors (Lipinski definition) is 1. The molecule has 0 spiro atoms. The second kappa shape index (κ2) is 6.19. The molecule has 0 fully saturated rings. The first-order valence-corrected chi connectivity index (χ1v) is 9.27. The van der Waals surface area contributed by atoms with Crippen molar-refractivity contribution in [2.24, 2.45) is 5.92 Å². The lowest BCUT2D eigenvalue weighted by atomic mass is 9.65. The third kappa shape index (κ3) is 2.64. The molecule has 142 valence electrons. The molecule has 5 nitrogen and oxygen atoms in total. The Kier molecular flexibility index (Phi) is 4.06. The molecule has 0 saturated carbocycles. The van der Waals surface area contributed by atoms with Crippen molar-refractivity contribution in [1.82, 2.24) is 4.90 Å². The van der Waals surface area contributed by atoms with E-state index in [1.54, 1.807) is 26.1 Å². The maximum Gasteiger partial charge on any atom is 0.253 e. The van der Waals surface area contributed by atoms with Gasteiger partial charge in [0, 0.05) is 36.7 Å². The molecule has 27 heavy (non-hydrogen) atoms. The van der Waals surface area contributed by atoms with Gasteiger partial charge in [-0.3, -0.25) is 4.79 Å². The highest BCUT2D eigenvalue weighted by Crippen LogP contribution is 2.54. The lowest BCUT2D eigenvalue weighted by Gasteiger charge is -2.48. The maximum absolute atomic E-state index is 12.4. The van der Waals surface area contributed by atoms with Crippen molar-refractivity contribution in [3.63, 3.8) is 0 Å². The average molecular weight is 366 g/mol. The third-order valence-corrected chi connectivity index (χ3v) is 5.98. The van der Waals surface area contributed by atoms with Crippen molar-refractivity contribution < 1.29 is 14.3 Å². The summed E-state index contributed by atoms with van der Waals surface area (Å²) in [5, 5.41) is 3.70. The lowest BCUT2D eigenvalue weighted by molar-refractivity contribution is 0.0827. The predicted octanol–water partition coefficient (Wildman–Crippen LogP) is 3.85. The highest BCUT2D eigenvalue weighted by atomic mass is 16.5. The summed E-state index contributed by atoms with van der Waals surface area (Å²) < 4.78 is 11.7. The van der Waals surface area contributed by atoms with Crippen molar-refractivity contribution in [1.29, 1.82) is 0 Å². The summed E-state index contributed by atoms with van der Waals surface area (Å²) >= 11 is 0. The molecule has 2 aromatic carbocycles. The maximum atomic E-state index is 12.4. The van der Waals surface area contributed by atoms with Gasteiger partial charge >= 0.3 is 0 Å². The van der Waals surface area contributed by atoms with E-state index in [0.717, 1.165) is 28.3 Å². The van der Waals surface area contributed by atoms with E-state index in [1.165, 1.54) is 0 Å². The Hall–Kier alpha value is -2.69. The number of anilines is 1. The van der Waals surface area contributed by atoms with Crippen molar-refractivity contribution in [3.05, 3.63) is 53.1 Å². The standard InChI is InChI=1S/C22H26N2O3/c1-22(2)14-11-13(21(25)24(3)4)9-10-16(14)23-20-15(22)12-27-18-8-6-7-17(26-5)19(18)20/h6-11,15,20,23H,12H2,1-5H3/t15-,20-/m0/s1. The number of methoxy groups -OCH3 is 1. The first-order valence-electron chi connectivity index (χ1n) is 9.27. The summed E-state index contributed by atoms with van der Waals surface area (Å²) in [6.07, 6.45) is 0. The molecule has 2 aromatic rings. The molecule has 2 heterocycles. The van der Waals surface area contributed by atoms with Gasteiger partial charge in [0.25, 0.3) is 5.91 Å². The zero-order chi connectivity index (χ0) is 19.3. The van der Waals surface area contributed by atoms with Gasteiger partial charge in [-0.05, 0) is 35.9 Å². The minimum Gasteiger partial charge on any atom is -0.496 e. The molecule has 0 saturated heterocycles. The molecule has 2 aliphatic heterocycles. The number of carbonyl (C=O) groups is 1. The molecule has 2 atom stereocenters. The van der Waals surface area contributed by atoms with Gasteiger partial charge in [-0.1, -0.05) is 19.9 Å². The second-order valence-corrected chi connectivity index (χ2v) is 8.09. The third-order valence-electron chi connectivity index (χ3n) is 5.98. The van der Waals surface area contributed by atoms with Crippen LogP contribution in [0, 0.1) is 5.92 Å². The van der Waals surface area contributed by atoms with Crippen molar-refractivity contribution in [3.8, 4) is 11.5 Å². The van der Waals surface area contributed by atoms with Gasteiger partial charge in [0.05, 0.1) is 25.3 Å². The van der Waals surface area contributed by atoms with Crippen LogP contribution in [-0.4, -0.2) is 38.6 Å². The molecule has 0 unspecified atom stereocenters. The smallest absolute Gasteiger partial charge is 0.253 e. The van der Waals surface area contributed by atoms with E-state index in [0.29, 0.717) is 12.2 Å². The van der Waals surface area contributed by atoms with Crippen LogP contribution < -0.4 is 14.8 Å². The quantitative estimate of drug-likeness (QED) is 0.877. The van der Waals surface area contributed by atoms with Gasteiger partial charge in [0.15, 0.2) is 0 Å². The average Bonchev–Trinajstić information content (AvgIpc) is 2.66. The normalized spacial score (nSPS) is 21.7. The highest BCUT2D eigenvalue weighted by Gasteiger charge is 2.47. The Morgan fingerprint density at radius 2 is 2.04 bits per heavy atom. The van der Waals surface area contributed by atoms with Crippen LogP contribution in [0.4, 0.5) is 5.69 Å². The van der Waals surface area contributed by atoms with Crippen LogP contribution in [0.2, 0.25) is 0 Å². The topological polar surface area (TPSA) is 50.8 Å². The van der Waals surface area contributed by atoms with Crippen LogP contribution in [0.1, 0.15) is 41.4 Å². The summed E-state index contributed by atoms with van der Waals surface area (Å²) in [5.74, 6) is 1.95. The fraction of sp³-hybridized carbons (Fsp3) is 0.409. The number of rotatable bonds is 2. The number of carbonyl (C=O) groups excluding carboxylic acids is 1. The fourth-order valence-electron chi connectivity index (χ4n) is 4.37. The van der Waals surface area contributed by atoms with Gasteiger partial charge in [-0.15, -0.1) is 0 Å². The predicted molar refractivity (Wildman–Crippen MR) is 106 cm³/mol. The van der Waals surface area contributed by atoms with Crippen LogP contribution >= 0.6 is 0 Å². The number of hydrogen-bond acceptors (Lipinski definition) is 4. The Morgan fingerprint density at radius 3 is 2.74 bits per heavy atom. The zero-order valence-corrected chi connectivity index (χ0v) is 16.5. The van der Waals surface area contributed by atoms with Crippen molar-refractivity contribution in [2.45, 2.75) is 25.3 Å². The molecule has 0 radical (unpaired) electrons. The summed E-state index contributed by atoms with van der Waals surface area (Å²) in [6.45, 7) is 5.09. The fourth-order valence-corrected chi connectivity index (χ4v) is 4.37. The number of benzene rings is 2. The minimum atomic E-state index is -0.160. The van der Waals surface area contributed by atoms with E-state index in [1.807, 2.05) is 36.4 Å². The molecule has 2 aliphatic rings. The number of nitrogens with one attached hydrogen (secondary N) is 1. The summed E-state index contributed by atoms with van der Waals surface area (Å²) in [6, 6.07) is 12.0. The van der Waals surface area contributed by atoms with Crippen LogP contribution in [0.3, 0.4) is 0 Å². The van der Waals surface area contributed by atoms with Crippen LogP contribution in [0.5, 0.6) is 11.5 Å². The number of amides is 1. The second-order valence-electron chi connectivity index (χ2n) is 8.09. The van der Waals surface area contributed by atoms with E-state index in [-0.39, 0.29) is 23.3 Å². The number of fused-ring (bicyclic) bond motifs is 4. The molecule has 0 bridgehead atoms. The molecule has 0 aromatic heterocycles. The molecule has 1 N–H and O–H groups in total. The molecule has 5 heteroatoms. The van der Waals surface area contributed by atoms with Gasteiger partial charge in [-0.2, -0.15) is 0 Å². The zero-order valence-electron chi connectivity index (χ0n) is 16.5. The molecular weight excluding hydrogens is 340 g/mol. The Morgan fingerprint density at radius 1 is 1.26 bits per heavy atom. The SMILES string of the molecule is COc1cccc2c1[C@H]1Nc3ccc(C(=O)N(C)C)cc3C(C)(C)[C@H]1CO2. The number of nitrogens with zero attached hydrogens (tertiary/aromatic N) is 1. The van der Waals surface area contributed by atoms with E-state index >= 15 is 0 Å². The lowest BCUT2D eigenvalue weighted by Crippen LogP contribution is -2.46. The van der Waals surface area contributed by atoms with Crippen LogP contribution in [0.25, 0.3) is 0 Å². The molecule has 1 amide bonds. The van der Waals surface area contributed by atoms with E-state index in [2.05, 4.69) is 19.2 Å². The monoisotopic (exact) mass is 366 g/mol. The molecule has 0 aliphatic carbocycles. The van der Waals surface area contributed by atoms with Gasteiger partial charge in [0.1, 0.15) is 11.5 Å². The molecule has 4 rings (SSSR count). The van der Waals surface area contributed by atoms with Crippen molar-refractivity contribution >= 4 is 11.6 Å². The summed E-state index contributed by atoms with van der Waals surface area (Å²) in [4.78, 5) is 14.0. The highest BCUT2D eigenvalue weighted by molar-refractivity contribution is 5.94. The van der Waals surface area contributed by atoms with Gasteiger partial charge in [-0.25, -0.2) is 0 Å².